The molecule has 1 aromatic heterocycles. The Balaban J connectivity index is 1.56. The van der Waals surface area contributed by atoms with Crippen molar-refractivity contribution in [2.45, 2.75) is 44.2 Å². The normalized spacial score (nSPS) is 25.8. The average molecular weight is 274 g/mol. The lowest BCUT2D eigenvalue weighted by molar-refractivity contribution is 0.0931. The highest BCUT2D eigenvalue weighted by atomic mass is 16.5. The SMILES string of the molecule is c1nc2c(c(N3CCOCC3CNC3CC3)n1)CCC2. The third kappa shape index (κ3) is 2.40. The molecule has 5 nitrogen and oxygen atoms in total. The summed E-state index contributed by atoms with van der Waals surface area (Å²) in [7, 11) is 0. The van der Waals surface area contributed by atoms with Gasteiger partial charge in [-0.3, -0.25) is 0 Å². The van der Waals surface area contributed by atoms with Crippen molar-refractivity contribution in [2.24, 2.45) is 0 Å². The van der Waals surface area contributed by atoms with E-state index < -0.39 is 0 Å². The quantitative estimate of drug-likeness (QED) is 0.885. The van der Waals surface area contributed by atoms with E-state index in [4.69, 9.17) is 4.74 Å². The molecule has 1 N–H and O–H groups in total. The van der Waals surface area contributed by atoms with Gasteiger partial charge in [-0.25, -0.2) is 9.97 Å². The topological polar surface area (TPSA) is 50.3 Å². The first-order chi connectivity index (χ1) is 9.92. The Bertz CT molecular complexity index is 489. The van der Waals surface area contributed by atoms with Gasteiger partial charge < -0.3 is 15.0 Å². The molecule has 20 heavy (non-hydrogen) atoms. The number of anilines is 1. The van der Waals surface area contributed by atoms with E-state index in [0.717, 1.165) is 45.2 Å². The van der Waals surface area contributed by atoms with Crippen LogP contribution in [0.4, 0.5) is 5.82 Å². The van der Waals surface area contributed by atoms with Crippen molar-refractivity contribution in [3.8, 4) is 0 Å². The zero-order chi connectivity index (χ0) is 13.4. The highest BCUT2D eigenvalue weighted by Gasteiger charge is 2.30. The number of hydrogen-bond donors (Lipinski definition) is 1. The molecule has 0 amide bonds. The molecule has 1 aliphatic heterocycles. The van der Waals surface area contributed by atoms with Crippen molar-refractivity contribution >= 4 is 5.82 Å². The Morgan fingerprint density at radius 2 is 2.25 bits per heavy atom. The summed E-state index contributed by atoms with van der Waals surface area (Å²) in [4.78, 5) is 11.5. The van der Waals surface area contributed by atoms with Crippen LogP contribution in [0.25, 0.3) is 0 Å². The molecule has 2 heterocycles. The van der Waals surface area contributed by atoms with E-state index in [2.05, 4.69) is 20.2 Å². The highest BCUT2D eigenvalue weighted by molar-refractivity contribution is 5.51. The monoisotopic (exact) mass is 274 g/mol. The van der Waals surface area contributed by atoms with Gasteiger partial charge >= 0.3 is 0 Å². The van der Waals surface area contributed by atoms with E-state index >= 15 is 0 Å². The molecule has 0 bridgehead atoms. The van der Waals surface area contributed by atoms with E-state index in [-0.39, 0.29) is 0 Å². The zero-order valence-electron chi connectivity index (χ0n) is 11.8. The maximum Gasteiger partial charge on any atom is 0.135 e. The minimum Gasteiger partial charge on any atom is -0.377 e. The van der Waals surface area contributed by atoms with E-state index in [1.807, 2.05) is 0 Å². The molecule has 1 saturated heterocycles. The fraction of sp³-hybridized carbons (Fsp3) is 0.733. The molecule has 2 aliphatic carbocycles. The summed E-state index contributed by atoms with van der Waals surface area (Å²) in [5.74, 6) is 1.17. The largest absolute Gasteiger partial charge is 0.377 e. The van der Waals surface area contributed by atoms with E-state index in [0.29, 0.717) is 6.04 Å². The molecule has 3 aliphatic rings. The van der Waals surface area contributed by atoms with Crippen LogP contribution in [0.2, 0.25) is 0 Å². The standard InChI is InChI=1S/C15H22N4O/c1-2-13-14(3-1)17-10-18-15(13)19-6-7-20-9-12(19)8-16-11-4-5-11/h10-12,16H,1-9H2. The summed E-state index contributed by atoms with van der Waals surface area (Å²) < 4.78 is 5.68. The molecule has 1 aromatic rings. The summed E-state index contributed by atoms with van der Waals surface area (Å²) in [6.45, 7) is 3.56. The van der Waals surface area contributed by atoms with Gasteiger partial charge in [0, 0.05) is 30.4 Å². The molecule has 1 atom stereocenters. The summed E-state index contributed by atoms with van der Waals surface area (Å²) >= 11 is 0. The Morgan fingerprint density at radius 1 is 1.30 bits per heavy atom. The van der Waals surface area contributed by atoms with Crippen LogP contribution in [-0.4, -0.2) is 48.4 Å². The molecule has 0 radical (unpaired) electrons. The van der Waals surface area contributed by atoms with Crippen molar-refractivity contribution in [1.29, 1.82) is 0 Å². The van der Waals surface area contributed by atoms with Gasteiger partial charge in [0.05, 0.1) is 19.3 Å². The highest BCUT2D eigenvalue weighted by Crippen LogP contribution is 2.30. The maximum absolute atomic E-state index is 5.68. The Morgan fingerprint density at radius 3 is 3.15 bits per heavy atom. The number of nitrogens with one attached hydrogen (secondary N) is 1. The van der Waals surface area contributed by atoms with Gasteiger partial charge in [0.25, 0.3) is 0 Å². The van der Waals surface area contributed by atoms with Crippen LogP contribution in [0, 0.1) is 0 Å². The molecular formula is C15H22N4O. The zero-order valence-corrected chi connectivity index (χ0v) is 11.8. The van der Waals surface area contributed by atoms with Gasteiger partial charge in [-0.15, -0.1) is 0 Å². The maximum atomic E-state index is 5.68. The molecule has 0 spiro atoms. The van der Waals surface area contributed by atoms with Crippen molar-refractivity contribution in [1.82, 2.24) is 15.3 Å². The van der Waals surface area contributed by atoms with Crippen LogP contribution in [0.15, 0.2) is 6.33 Å². The van der Waals surface area contributed by atoms with Crippen molar-refractivity contribution in [3.05, 3.63) is 17.6 Å². The summed E-state index contributed by atoms with van der Waals surface area (Å²) in [6.07, 6.45) is 7.86. The molecule has 2 fully saturated rings. The molecular weight excluding hydrogens is 252 g/mol. The Hall–Kier alpha value is -1.20. The predicted molar refractivity (Wildman–Crippen MR) is 77.0 cm³/mol. The van der Waals surface area contributed by atoms with Gasteiger partial charge in [0.2, 0.25) is 0 Å². The van der Waals surface area contributed by atoms with Crippen LogP contribution < -0.4 is 10.2 Å². The minimum absolute atomic E-state index is 0.406. The number of nitrogens with zero attached hydrogens (tertiary/aromatic N) is 3. The number of fused-ring (bicyclic) bond motifs is 1. The Kier molecular flexibility index (Phi) is 3.32. The summed E-state index contributed by atoms with van der Waals surface area (Å²) in [5.41, 5.74) is 2.64. The molecule has 1 unspecified atom stereocenters. The van der Waals surface area contributed by atoms with Crippen molar-refractivity contribution < 1.29 is 4.74 Å². The van der Waals surface area contributed by atoms with Crippen LogP contribution in [0.3, 0.4) is 0 Å². The fourth-order valence-corrected chi connectivity index (χ4v) is 3.28. The third-order valence-corrected chi connectivity index (χ3v) is 4.57. The van der Waals surface area contributed by atoms with E-state index in [1.54, 1.807) is 6.33 Å². The van der Waals surface area contributed by atoms with Gasteiger partial charge in [-0.1, -0.05) is 0 Å². The molecule has 4 rings (SSSR count). The average Bonchev–Trinajstić information content (AvgIpc) is 3.20. The number of ether oxygens (including phenoxy) is 1. The first-order valence-corrected chi connectivity index (χ1v) is 7.82. The number of morpholine rings is 1. The van der Waals surface area contributed by atoms with Gasteiger partial charge in [0.1, 0.15) is 12.1 Å². The van der Waals surface area contributed by atoms with Crippen molar-refractivity contribution in [2.75, 3.05) is 31.2 Å². The number of hydrogen-bond acceptors (Lipinski definition) is 5. The summed E-state index contributed by atoms with van der Waals surface area (Å²) in [5, 5.41) is 3.63. The van der Waals surface area contributed by atoms with Crippen molar-refractivity contribution in [3.63, 3.8) is 0 Å². The number of rotatable bonds is 4. The first kappa shape index (κ1) is 12.5. The lowest BCUT2D eigenvalue weighted by atomic mass is 10.1. The van der Waals surface area contributed by atoms with Gasteiger partial charge in [-0.2, -0.15) is 0 Å². The molecule has 108 valence electrons. The van der Waals surface area contributed by atoms with E-state index in [9.17, 15) is 0 Å². The molecule has 5 heteroatoms. The fourth-order valence-electron chi connectivity index (χ4n) is 3.28. The second-order valence-corrected chi connectivity index (χ2v) is 6.08. The summed E-state index contributed by atoms with van der Waals surface area (Å²) in [6, 6.07) is 1.15. The number of aromatic nitrogens is 2. The number of aryl methyl sites for hydroxylation is 1. The van der Waals surface area contributed by atoms with E-state index in [1.165, 1.54) is 36.3 Å². The van der Waals surface area contributed by atoms with Gasteiger partial charge in [-0.05, 0) is 32.1 Å². The minimum atomic E-state index is 0.406. The predicted octanol–water partition coefficient (Wildman–Crippen LogP) is 0.922. The second-order valence-electron chi connectivity index (χ2n) is 6.08. The van der Waals surface area contributed by atoms with Crippen LogP contribution in [-0.2, 0) is 17.6 Å². The smallest absolute Gasteiger partial charge is 0.135 e. The molecule has 1 saturated carbocycles. The second kappa shape index (κ2) is 5.30. The lowest BCUT2D eigenvalue weighted by Crippen LogP contribution is -2.51. The molecule has 0 aromatic carbocycles. The van der Waals surface area contributed by atoms with Crippen LogP contribution in [0.5, 0.6) is 0 Å². The first-order valence-electron chi connectivity index (χ1n) is 7.82. The lowest BCUT2D eigenvalue weighted by Gasteiger charge is -2.37. The van der Waals surface area contributed by atoms with Crippen LogP contribution in [0.1, 0.15) is 30.5 Å². The van der Waals surface area contributed by atoms with Gasteiger partial charge in [0.15, 0.2) is 0 Å². The van der Waals surface area contributed by atoms with Crippen LogP contribution >= 0.6 is 0 Å². The third-order valence-electron chi connectivity index (χ3n) is 4.57. The Labute approximate surface area is 119 Å².